The van der Waals surface area contributed by atoms with Crippen LogP contribution in [0.4, 0.5) is 0 Å². The molecule has 0 radical (unpaired) electrons. The molecule has 31 heavy (non-hydrogen) atoms. The van der Waals surface area contributed by atoms with Gasteiger partial charge in [0.15, 0.2) is 5.58 Å². The number of rotatable bonds is 2. The quantitative estimate of drug-likeness (QED) is 0.810. The van der Waals surface area contributed by atoms with Crippen LogP contribution in [0.1, 0.15) is 24.1 Å². The van der Waals surface area contributed by atoms with Crippen LogP contribution in [0.3, 0.4) is 0 Å². The largest absolute Gasteiger partial charge is 0.454 e. The molecule has 1 N–H and O–H groups in total. The number of allylic oxidation sites excluding steroid dienone is 6. The fourth-order valence-electron chi connectivity index (χ4n) is 4.35. The summed E-state index contributed by atoms with van der Waals surface area (Å²) in [6, 6.07) is 4.40. The zero-order chi connectivity index (χ0) is 21.5. The van der Waals surface area contributed by atoms with E-state index in [2.05, 4.69) is 28.2 Å². The summed E-state index contributed by atoms with van der Waals surface area (Å²) in [6.07, 6.45) is 13.5. The van der Waals surface area contributed by atoms with Crippen molar-refractivity contribution < 1.29 is 9.21 Å². The van der Waals surface area contributed by atoms with Gasteiger partial charge >= 0.3 is 0 Å². The van der Waals surface area contributed by atoms with Crippen molar-refractivity contribution in [3.63, 3.8) is 0 Å². The lowest BCUT2D eigenvalue weighted by Gasteiger charge is -2.36. The summed E-state index contributed by atoms with van der Waals surface area (Å²) in [6.45, 7) is 8.87. The van der Waals surface area contributed by atoms with Gasteiger partial charge in [0.25, 0.3) is 5.91 Å². The summed E-state index contributed by atoms with van der Waals surface area (Å²) in [5.74, 6) is 0.571. The maximum Gasteiger partial charge on any atom is 0.255 e. The van der Waals surface area contributed by atoms with Crippen molar-refractivity contribution in [1.29, 1.82) is 0 Å². The zero-order valence-electron chi connectivity index (χ0n) is 18.1. The second-order valence-corrected chi connectivity index (χ2v) is 8.33. The van der Waals surface area contributed by atoms with E-state index in [1.54, 1.807) is 11.0 Å². The second-order valence-electron chi connectivity index (χ2n) is 8.33. The van der Waals surface area contributed by atoms with Crippen molar-refractivity contribution >= 4 is 22.4 Å². The van der Waals surface area contributed by atoms with Crippen LogP contribution in [0, 0.1) is 13.8 Å². The Morgan fingerprint density at radius 1 is 1.16 bits per heavy atom. The van der Waals surface area contributed by atoms with E-state index in [4.69, 9.17) is 4.42 Å². The first-order valence-electron chi connectivity index (χ1n) is 10.7. The van der Waals surface area contributed by atoms with Crippen LogP contribution in [-0.2, 0) is 4.79 Å². The molecular formula is C25H26N4O2. The van der Waals surface area contributed by atoms with Gasteiger partial charge in [-0.2, -0.15) is 0 Å². The minimum Gasteiger partial charge on any atom is -0.454 e. The first-order chi connectivity index (χ1) is 15.0. The maximum atomic E-state index is 13.2. The predicted molar refractivity (Wildman–Crippen MR) is 122 cm³/mol. The zero-order valence-corrected chi connectivity index (χ0v) is 18.1. The Hall–Kier alpha value is -3.38. The van der Waals surface area contributed by atoms with E-state index < -0.39 is 0 Å². The predicted octanol–water partition coefficient (Wildman–Crippen LogP) is 3.82. The molecule has 0 aliphatic carbocycles. The third-order valence-corrected chi connectivity index (χ3v) is 5.84. The van der Waals surface area contributed by atoms with Crippen LogP contribution in [-0.4, -0.2) is 46.4 Å². The van der Waals surface area contributed by atoms with E-state index in [-0.39, 0.29) is 5.91 Å². The van der Waals surface area contributed by atoms with Gasteiger partial charge in [0.1, 0.15) is 5.76 Å². The van der Waals surface area contributed by atoms with Gasteiger partial charge in [-0.25, -0.2) is 0 Å². The molecule has 158 valence electrons. The number of amides is 1. The van der Waals surface area contributed by atoms with E-state index in [1.165, 1.54) is 0 Å². The summed E-state index contributed by atoms with van der Waals surface area (Å²) < 4.78 is 6.08. The van der Waals surface area contributed by atoms with Crippen LogP contribution < -0.4 is 5.32 Å². The monoisotopic (exact) mass is 414 g/mol. The Labute approximate surface area is 181 Å². The molecule has 0 spiro atoms. The number of furan rings is 1. The van der Waals surface area contributed by atoms with Gasteiger partial charge in [0, 0.05) is 60.3 Å². The molecule has 0 saturated carbocycles. The van der Waals surface area contributed by atoms with Crippen LogP contribution in [0.25, 0.3) is 16.5 Å². The Balaban J connectivity index is 1.49. The van der Waals surface area contributed by atoms with Crippen molar-refractivity contribution in [2.45, 2.75) is 26.8 Å². The van der Waals surface area contributed by atoms with Crippen LogP contribution >= 0.6 is 0 Å². The van der Waals surface area contributed by atoms with Crippen LogP contribution in [0.15, 0.2) is 70.6 Å². The number of fused-ring (bicyclic) bond motifs is 2. The average Bonchev–Trinajstić information content (AvgIpc) is 3.16. The topological polar surface area (TPSA) is 61.6 Å². The number of pyridine rings is 1. The second kappa shape index (κ2) is 7.71. The van der Waals surface area contributed by atoms with Crippen molar-refractivity contribution in [2.24, 2.45) is 0 Å². The minimum atomic E-state index is -0.0953. The normalized spacial score (nSPS) is 25.8. The first kappa shape index (κ1) is 19.6. The Kier molecular flexibility index (Phi) is 4.87. The van der Waals surface area contributed by atoms with Gasteiger partial charge in [-0.1, -0.05) is 12.2 Å². The van der Waals surface area contributed by atoms with Gasteiger partial charge in [-0.3, -0.25) is 14.7 Å². The highest BCUT2D eigenvalue weighted by atomic mass is 16.3. The molecule has 3 aliphatic heterocycles. The van der Waals surface area contributed by atoms with Gasteiger partial charge in [0.05, 0.1) is 11.4 Å². The van der Waals surface area contributed by atoms with Crippen molar-refractivity contribution in [3.8, 4) is 0 Å². The maximum absolute atomic E-state index is 13.2. The molecule has 0 aromatic carbocycles. The molecule has 6 nitrogen and oxygen atoms in total. The molecule has 5 heterocycles. The molecule has 0 bridgehead atoms. The Morgan fingerprint density at radius 3 is 2.84 bits per heavy atom. The molecule has 1 saturated heterocycles. The molecule has 6 heteroatoms. The van der Waals surface area contributed by atoms with Crippen LogP contribution in [0.2, 0.25) is 0 Å². The summed E-state index contributed by atoms with van der Waals surface area (Å²) in [7, 11) is 0. The number of aromatic nitrogens is 1. The molecular weight excluding hydrogens is 388 g/mol. The molecule has 1 fully saturated rings. The average molecular weight is 415 g/mol. The Bertz CT molecular complexity index is 1210. The number of carbonyl (C=O) groups is 1. The van der Waals surface area contributed by atoms with E-state index in [1.807, 2.05) is 56.5 Å². The molecule has 2 aromatic heterocycles. The lowest BCUT2D eigenvalue weighted by molar-refractivity contribution is -0.122. The molecule has 3 aliphatic rings. The van der Waals surface area contributed by atoms with Crippen molar-refractivity contribution in [1.82, 2.24) is 20.1 Å². The highest BCUT2D eigenvalue weighted by molar-refractivity contribution is 6.00. The third kappa shape index (κ3) is 3.75. The fraction of sp³-hybridized carbons (Fsp3) is 0.280. The van der Waals surface area contributed by atoms with E-state index in [0.29, 0.717) is 11.8 Å². The molecule has 0 unspecified atom stereocenters. The van der Waals surface area contributed by atoms with Gasteiger partial charge in [0.2, 0.25) is 0 Å². The number of hydrogen-bond acceptors (Lipinski definition) is 5. The summed E-state index contributed by atoms with van der Waals surface area (Å²) in [4.78, 5) is 21.7. The SMILES string of the molecule is Cc1cc2cc(C3=C\C(=O)N4C=C(N5CCN[C@@H](C)C5)C=C\C4=C/C=C/3)oc2c(C)n1. The number of aryl methyl sites for hydroxylation is 2. The van der Waals surface area contributed by atoms with Gasteiger partial charge in [-0.15, -0.1) is 0 Å². The lowest BCUT2D eigenvalue weighted by Crippen LogP contribution is -2.48. The Morgan fingerprint density at radius 2 is 2.00 bits per heavy atom. The summed E-state index contributed by atoms with van der Waals surface area (Å²) in [5, 5.41) is 4.45. The van der Waals surface area contributed by atoms with Gasteiger partial charge < -0.3 is 14.6 Å². The highest BCUT2D eigenvalue weighted by Gasteiger charge is 2.23. The van der Waals surface area contributed by atoms with Crippen molar-refractivity contribution in [3.05, 3.63) is 83.3 Å². The van der Waals surface area contributed by atoms with E-state index >= 15 is 0 Å². The molecule has 1 atom stereocenters. The molecule has 2 aromatic rings. The lowest BCUT2D eigenvalue weighted by atomic mass is 10.1. The number of nitrogens with one attached hydrogen (secondary N) is 1. The highest BCUT2D eigenvalue weighted by Crippen LogP contribution is 2.30. The number of hydrogen-bond donors (Lipinski definition) is 1. The summed E-state index contributed by atoms with van der Waals surface area (Å²) >= 11 is 0. The smallest absolute Gasteiger partial charge is 0.255 e. The third-order valence-electron chi connectivity index (χ3n) is 5.84. The molecule has 1 amide bonds. The van der Waals surface area contributed by atoms with E-state index in [9.17, 15) is 4.79 Å². The van der Waals surface area contributed by atoms with Crippen LogP contribution in [0.5, 0.6) is 0 Å². The summed E-state index contributed by atoms with van der Waals surface area (Å²) in [5.41, 5.74) is 5.21. The van der Waals surface area contributed by atoms with Gasteiger partial charge in [-0.05, 0) is 51.1 Å². The standard InChI is InChI=1S/C25H26N4O2/c1-16-11-20-12-23(31-25(20)18(3)27-16)19-5-4-6-21-7-8-22(15-29(21)24(30)13-19)28-10-9-26-17(2)14-28/h4-8,11-13,15,17,26H,9-10,14H2,1-3H3/b5-4+,19-13+,21-6+/t17-/m0/s1. The minimum absolute atomic E-state index is 0.0953. The van der Waals surface area contributed by atoms with Crippen molar-refractivity contribution in [2.75, 3.05) is 19.6 Å². The molecule has 5 rings (SSSR count). The number of carbonyl (C=O) groups excluding carboxylic acids is 1. The van der Waals surface area contributed by atoms with E-state index in [0.717, 1.165) is 59.0 Å². The fourth-order valence-corrected chi connectivity index (χ4v) is 4.35. The first-order valence-corrected chi connectivity index (χ1v) is 10.7. The number of piperazine rings is 1. The number of nitrogens with zero attached hydrogens (tertiary/aromatic N) is 3.